The third-order valence-corrected chi connectivity index (χ3v) is 2.22. The van der Waals surface area contributed by atoms with Gasteiger partial charge in [0.05, 0.1) is 25.4 Å². The summed E-state index contributed by atoms with van der Waals surface area (Å²) in [5.74, 6) is 7.21. The van der Waals surface area contributed by atoms with Crippen molar-refractivity contribution in [2.75, 3.05) is 46.7 Å². The molecule has 0 aliphatic carbocycles. The summed E-state index contributed by atoms with van der Waals surface area (Å²) in [4.78, 5) is 0. The lowest BCUT2D eigenvalue weighted by molar-refractivity contribution is -0.0195. The Morgan fingerprint density at radius 3 is 1.39 bits per heavy atom. The molecule has 1 N–H and O–H groups in total. The van der Waals surface area contributed by atoms with Gasteiger partial charge in [0.25, 0.3) is 0 Å². The Morgan fingerprint density at radius 1 is 0.833 bits per heavy atom. The van der Waals surface area contributed by atoms with Crippen molar-refractivity contribution in [2.24, 2.45) is 0 Å². The van der Waals surface area contributed by atoms with E-state index in [1.807, 2.05) is 0 Å². The molecule has 18 heavy (non-hydrogen) atoms. The van der Waals surface area contributed by atoms with Crippen LogP contribution in [0.3, 0.4) is 0 Å². The Bertz CT molecular complexity index is 282. The van der Waals surface area contributed by atoms with Crippen LogP contribution in [0.2, 0.25) is 0 Å². The lowest BCUT2D eigenvalue weighted by Crippen LogP contribution is -2.55. The Balaban J connectivity index is 4.36. The van der Waals surface area contributed by atoms with Crippen LogP contribution in [0.15, 0.2) is 0 Å². The molecule has 4 heteroatoms. The number of ether oxygens (including phenoxy) is 3. The van der Waals surface area contributed by atoms with E-state index in [1.165, 1.54) is 0 Å². The largest absolute Gasteiger partial charge is 0.367 e. The maximum absolute atomic E-state index is 5.34. The molecule has 0 rings (SSSR count). The molecule has 98 valence electrons. The second-order valence-electron chi connectivity index (χ2n) is 3.62. The van der Waals surface area contributed by atoms with E-state index in [-0.39, 0.29) is 19.8 Å². The highest BCUT2D eigenvalue weighted by molar-refractivity contribution is 4.92. The summed E-state index contributed by atoms with van der Waals surface area (Å²) in [7, 11) is 1.79. The van der Waals surface area contributed by atoms with Gasteiger partial charge in [-0.05, 0) is 7.05 Å². The van der Waals surface area contributed by atoms with Gasteiger partial charge in [-0.15, -0.1) is 19.3 Å². The zero-order chi connectivity index (χ0) is 13.7. The van der Waals surface area contributed by atoms with E-state index in [4.69, 9.17) is 33.5 Å². The smallest absolute Gasteiger partial charge is 0.107 e. The van der Waals surface area contributed by atoms with Crippen LogP contribution in [0, 0.1) is 37.0 Å². The lowest BCUT2D eigenvalue weighted by atomic mass is 10.0. The van der Waals surface area contributed by atoms with E-state index >= 15 is 0 Å². The summed E-state index contributed by atoms with van der Waals surface area (Å²) >= 11 is 0. The van der Waals surface area contributed by atoms with E-state index in [9.17, 15) is 0 Å². The van der Waals surface area contributed by atoms with Crippen LogP contribution < -0.4 is 5.32 Å². The zero-order valence-electron chi connectivity index (χ0n) is 10.7. The number of likely N-dealkylation sites (N-methyl/N-ethyl adjacent to an activating group) is 1. The minimum Gasteiger partial charge on any atom is -0.367 e. The molecule has 0 spiro atoms. The molecule has 0 unspecified atom stereocenters. The van der Waals surface area contributed by atoms with Gasteiger partial charge in [0.15, 0.2) is 0 Å². The first kappa shape index (κ1) is 16.5. The van der Waals surface area contributed by atoms with Crippen LogP contribution in [0.5, 0.6) is 0 Å². The van der Waals surface area contributed by atoms with E-state index in [1.54, 1.807) is 7.05 Å². The van der Waals surface area contributed by atoms with E-state index < -0.39 is 5.54 Å². The van der Waals surface area contributed by atoms with Crippen molar-refractivity contribution < 1.29 is 14.2 Å². The number of rotatable bonds is 10. The average molecular weight is 249 g/mol. The summed E-state index contributed by atoms with van der Waals surface area (Å²) in [6.07, 6.45) is 15.4. The highest BCUT2D eigenvalue weighted by Gasteiger charge is 2.29. The van der Waals surface area contributed by atoms with Crippen LogP contribution in [0.25, 0.3) is 0 Å². The molecule has 0 saturated carbocycles. The van der Waals surface area contributed by atoms with Gasteiger partial charge in [-0.25, -0.2) is 0 Å². The lowest BCUT2D eigenvalue weighted by Gasteiger charge is -2.32. The third-order valence-electron chi connectivity index (χ3n) is 2.22. The van der Waals surface area contributed by atoms with Gasteiger partial charge in [-0.1, -0.05) is 17.8 Å². The van der Waals surface area contributed by atoms with Crippen LogP contribution in [-0.4, -0.2) is 52.2 Å². The number of terminal acetylenes is 3. The second kappa shape index (κ2) is 10.7. The summed E-state index contributed by atoms with van der Waals surface area (Å²) in [6.45, 7) is 1.74. The molecule has 0 amide bonds. The summed E-state index contributed by atoms with van der Waals surface area (Å²) in [5, 5.41) is 3.11. The monoisotopic (exact) mass is 249 g/mol. The van der Waals surface area contributed by atoms with Gasteiger partial charge in [0, 0.05) is 0 Å². The maximum Gasteiger partial charge on any atom is 0.107 e. The fourth-order valence-electron chi connectivity index (χ4n) is 1.26. The SMILES string of the molecule is C#CCOCC(COCC#C)(COCC#C)NC. The second-order valence-corrected chi connectivity index (χ2v) is 3.62. The fraction of sp³-hybridized carbons (Fsp3) is 0.571. The minimum absolute atomic E-state index is 0.230. The molecular weight excluding hydrogens is 230 g/mol. The van der Waals surface area contributed by atoms with Crippen molar-refractivity contribution >= 4 is 0 Å². The molecule has 0 aromatic heterocycles. The molecule has 0 heterocycles. The summed E-state index contributed by atoms with van der Waals surface area (Å²) in [5.41, 5.74) is -0.509. The van der Waals surface area contributed by atoms with Crippen molar-refractivity contribution in [3.05, 3.63) is 0 Å². The number of nitrogens with one attached hydrogen (secondary N) is 1. The molecule has 0 radical (unpaired) electrons. The molecule has 0 aromatic rings. The number of hydrogen-bond donors (Lipinski definition) is 1. The first-order chi connectivity index (χ1) is 8.74. The summed E-state index contributed by atoms with van der Waals surface area (Å²) in [6, 6.07) is 0. The number of hydrogen-bond acceptors (Lipinski definition) is 4. The third kappa shape index (κ3) is 6.97. The van der Waals surface area contributed by atoms with Crippen LogP contribution in [-0.2, 0) is 14.2 Å². The Labute approximate surface area is 109 Å². The molecule has 0 fully saturated rings. The van der Waals surface area contributed by atoms with Crippen molar-refractivity contribution in [3.63, 3.8) is 0 Å². The van der Waals surface area contributed by atoms with Gasteiger partial charge in [0.1, 0.15) is 19.8 Å². The van der Waals surface area contributed by atoms with Crippen LogP contribution in [0.1, 0.15) is 0 Å². The van der Waals surface area contributed by atoms with Crippen LogP contribution in [0.4, 0.5) is 0 Å². The van der Waals surface area contributed by atoms with Gasteiger partial charge in [-0.2, -0.15) is 0 Å². The quantitative estimate of drug-likeness (QED) is 0.433. The van der Waals surface area contributed by atoms with Crippen molar-refractivity contribution in [3.8, 4) is 37.0 Å². The van der Waals surface area contributed by atoms with Gasteiger partial charge >= 0.3 is 0 Å². The topological polar surface area (TPSA) is 39.7 Å². The molecule has 0 aliphatic rings. The maximum atomic E-state index is 5.34. The molecule has 0 aromatic carbocycles. The Hall–Kier alpha value is -1.48. The van der Waals surface area contributed by atoms with E-state index in [0.717, 1.165) is 0 Å². The predicted octanol–water partition coefficient (Wildman–Crippen LogP) is -0.106. The molecule has 0 aliphatic heterocycles. The van der Waals surface area contributed by atoms with E-state index in [2.05, 4.69) is 23.1 Å². The van der Waals surface area contributed by atoms with Crippen molar-refractivity contribution in [1.82, 2.24) is 5.32 Å². The molecule has 4 nitrogen and oxygen atoms in total. The average Bonchev–Trinajstić information content (AvgIpc) is 2.39. The first-order valence-corrected chi connectivity index (χ1v) is 5.47. The standard InChI is InChI=1S/C14H19NO3/c1-5-8-16-11-14(15-4,12-17-9-6-2)13-18-10-7-3/h1-3,15H,8-13H2,4H3. The van der Waals surface area contributed by atoms with Gasteiger partial charge in [0.2, 0.25) is 0 Å². The van der Waals surface area contributed by atoms with Crippen molar-refractivity contribution in [2.45, 2.75) is 5.54 Å². The van der Waals surface area contributed by atoms with Crippen molar-refractivity contribution in [1.29, 1.82) is 0 Å². The highest BCUT2D eigenvalue weighted by Crippen LogP contribution is 2.07. The Kier molecular flexibility index (Phi) is 9.78. The normalized spacial score (nSPS) is 10.3. The van der Waals surface area contributed by atoms with Gasteiger partial charge in [-0.3, -0.25) is 0 Å². The highest BCUT2D eigenvalue weighted by atomic mass is 16.5. The first-order valence-electron chi connectivity index (χ1n) is 5.47. The zero-order valence-corrected chi connectivity index (χ0v) is 10.7. The molecule has 0 atom stereocenters. The molecular formula is C14H19NO3. The van der Waals surface area contributed by atoms with Gasteiger partial charge < -0.3 is 19.5 Å². The minimum atomic E-state index is -0.509. The molecule has 0 saturated heterocycles. The van der Waals surface area contributed by atoms with E-state index in [0.29, 0.717) is 19.8 Å². The summed E-state index contributed by atoms with van der Waals surface area (Å²) < 4.78 is 16.0. The Morgan fingerprint density at radius 2 is 1.17 bits per heavy atom. The fourth-order valence-corrected chi connectivity index (χ4v) is 1.26. The predicted molar refractivity (Wildman–Crippen MR) is 70.7 cm³/mol. The molecule has 0 bridgehead atoms. The van der Waals surface area contributed by atoms with Crippen LogP contribution >= 0.6 is 0 Å².